The molecule has 0 aromatic heterocycles. The van der Waals surface area contributed by atoms with Crippen molar-refractivity contribution in [1.82, 2.24) is 10.2 Å². The van der Waals surface area contributed by atoms with E-state index in [9.17, 15) is 9.59 Å². The summed E-state index contributed by atoms with van der Waals surface area (Å²) in [5, 5.41) is 2.63. The van der Waals surface area contributed by atoms with E-state index in [0.717, 1.165) is 4.47 Å². The molecule has 0 aliphatic rings. The third-order valence-electron chi connectivity index (χ3n) is 3.13. The zero-order chi connectivity index (χ0) is 16.0. The van der Waals surface area contributed by atoms with Crippen LogP contribution in [0.15, 0.2) is 28.7 Å². The average molecular weight is 393 g/mol. The number of nitrogens with zero attached hydrogens (tertiary/aromatic N) is 1. The van der Waals surface area contributed by atoms with Crippen molar-refractivity contribution in [2.45, 2.75) is 13.8 Å². The van der Waals surface area contributed by atoms with E-state index in [-0.39, 0.29) is 36.2 Å². The number of carbonyl (C=O) groups is 2. The Bertz CT molecular complexity index is 523. The van der Waals surface area contributed by atoms with Gasteiger partial charge >= 0.3 is 0 Å². The number of hydrogen-bond acceptors (Lipinski definition) is 3. The van der Waals surface area contributed by atoms with Crippen LogP contribution < -0.4 is 11.1 Å². The fourth-order valence-electron chi connectivity index (χ4n) is 1.82. The van der Waals surface area contributed by atoms with Crippen LogP contribution in [0.4, 0.5) is 0 Å². The molecular formula is C15H23BrClN3O2. The van der Waals surface area contributed by atoms with E-state index >= 15 is 0 Å². The Morgan fingerprint density at radius 3 is 2.55 bits per heavy atom. The first-order valence-corrected chi connectivity index (χ1v) is 7.52. The lowest BCUT2D eigenvalue weighted by Crippen LogP contribution is -2.44. The zero-order valence-electron chi connectivity index (χ0n) is 13.1. The molecule has 7 heteroatoms. The Morgan fingerprint density at radius 1 is 1.36 bits per heavy atom. The average Bonchev–Trinajstić information content (AvgIpc) is 2.43. The zero-order valence-corrected chi connectivity index (χ0v) is 15.5. The number of carbonyl (C=O) groups excluding carboxylic acids is 2. The summed E-state index contributed by atoms with van der Waals surface area (Å²) >= 11 is 3.31. The van der Waals surface area contributed by atoms with Crippen molar-refractivity contribution in [1.29, 1.82) is 0 Å². The van der Waals surface area contributed by atoms with E-state index in [1.54, 1.807) is 30.1 Å². The normalized spacial score (nSPS) is 10.6. The monoisotopic (exact) mass is 391 g/mol. The van der Waals surface area contributed by atoms with Crippen molar-refractivity contribution in [3.63, 3.8) is 0 Å². The maximum Gasteiger partial charge on any atom is 0.251 e. The topological polar surface area (TPSA) is 75.4 Å². The highest BCUT2D eigenvalue weighted by Crippen LogP contribution is 2.14. The molecule has 3 N–H and O–H groups in total. The highest BCUT2D eigenvalue weighted by molar-refractivity contribution is 9.10. The second-order valence-corrected chi connectivity index (χ2v) is 6.73. The first kappa shape index (κ1) is 20.9. The summed E-state index contributed by atoms with van der Waals surface area (Å²) in [5.74, 6) is -0.406. The lowest BCUT2D eigenvalue weighted by Gasteiger charge is -2.29. The minimum absolute atomic E-state index is 0. The van der Waals surface area contributed by atoms with Crippen molar-refractivity contribution < 1.29 is 9.59 Å². The number of nitrogens with two attached hydrogens (primary N) is 1. The number of amides is 2. The van der Waals surface area contributed by atoms with Gasteiger partial charge in [-0.2, -0.15) is 0 Å². The smallest absolute Gasteiger partial charge is 0.251 e. The third-order valence-corrected chi connectivity index (χ3v) is 3.62. The molecule has 0 spiro atoms. The summed E-state index contributed by atoms with van der Waals surface area (Å²) in [5.41, 5.74) is 6.03. The molecule has 0 atom stereocenters. The van der Waals surface area contributed by atoms with Gasteiger partial charge in [-0.1, -0.05) is 35.8 Å². The van der Waals surface area contributed by atoms with E-state index in [0.29, 0.717) is 18.7 Å². The second kappa shape index (κ2) is 9.12. The van der Waals surface area contributed by atoms with Gasteiger partial charge in [0.05, 0.1) is 6.54 Å². The van der Waals surface area contributed by atoms with Crippen LogP contribution in [0.5, 0.6) is 0 Å². The summed E-state index contributed by atoms with van der Waals surface area (Å²) in [6.07, 6.45) is 0. The number of hydrogen-bond donors (Lipinski definition) is 2. The molecule has 0 fully saturated rings. The Morgan fingerprint density at radius 2 is 2.00 bits per heavy atom. The fraction of sp³-hybridized carbons (Fsp3) is 0.467. The molecule has 1 rings (SSSR count). The first-order chi connectivity index (χ1) is 9.75. The van der Waals surface area contributed by atoms with Gasteiger partial charge in [-0.05, 0) is 30.2 Å². The second-order valence-electron chi connectivity index (χ2n) is 5.81. The standard InChI is InChI=1S/C15H22BrN3O2.ClH/c1-15(2,9-17)10-19(3)13(20)8-18-14(21)11-5-4-6-12(16)7-11;/h4-7H,8-10,17H2,1-3H3,(H,18,21);1H. The van der Waals surface area contributed by atoms with Gasteiger partial charge in [-0.3, -0.25) is 9.59 Å². The van der Waals surface area contributed by atoms with Gasteiger partial charge in [0.1, 0.15) is 0 Å². The number of halogens is 2. The molecule has 2 amide bonds. The number of likely N-dealkylation sites (N-methyl/N-ethyl adjacent to an activating group) is 1. The highest BCUT2D eigenvalue weighted by Gasteiger charge is 2.21. The van der Waals surface area contributed by atoms with E-state index in [1.807, 2.05) is 19.9 Å². The molecule has 1 aromatic carbocycles. The number of benzene rings is 1. The van der Waals surface area contributed by atoms with Crippen LogP contribution in [-0.2, 0) is 4.79 Å². The van der Waals surface area contributed by atoms with Crippen molar-refractivity contribution in [3.05, 3.63) is 34.3 Å². The van der Waals surface area contributed by atoms with Crippen molar-refractivity contribution >= 4 is 40.2 Å². The van der Waals surface area contributed by atoms with Gasteiger partial charge < -0.3 is 16.0 Å². The van der Waals surface area contributed by atoms with Crippen molar-refractivity contribution in [3.8, 4) is 0 Å². The quantitative estimate of drug-likeness (QED) is 0.778. The van der Waals surface area contributed by atoms with Crippen LogP contribution in [0.25, 0.3) is 0 Å². The van der Waals surface area contributed by atoms with Crippen LogP contribution >= 0.6 is 28.3 Å². The summed E-state index contributed by atoms with van der Waals surface area (Å²) in [6, 6.07) is 7.02. The Labute approximate surface area is 146 Å². The SMILES string of the molecule is CN(CC(C)(C)CN)C(=O)CNC(=O)c1cccc(Br)c1.Cl. The molecule has 0 bridgehead atoms. The van der Waals surface area contributed by atoms with Gasteiger partial charge in [0.2, 0.25) is 5.91 Å². The van der Waals surface area contributed by atoms with E-state index in [1.165, 1.54) is 0 Å². The molecule has 0 aliphatic heterocycles. The van der Waals surface area contributed by atoms with Gasteiger partial charge in [0.25, 0.3) is 5.91 Å². The van der Waals surface area contributed by atoms with Crippen LogP contribution in [0.1, 0.15) is 24.2 Å². The van der Waals surface area contributed by atoms with E-state index < -0.39 is 0 Å². The number of nitrogens with one attached hydrogen (secondary N) is 1. The first-order valence-electron chi connectivity index (χ1n) is 6.73. The Kier molecular flexibility index (Phi) is 8.66. The molecule has 0 radical (unpaired) electrons. The van der Waals surface area contributed by atoms with Crippen LogP contribution in [-0.4, -0.2) is 43.4 Å². The molecule has 0 saturated heterocycles. The number of rotatable bonds is 6. The molecule has 0 saturated carbocycles. The molecule has 5 nitrogen and oxygen atoms in total. The molecule has 22 heavy (non-hydrogen) atoms. The largest absolute Gasteiger partial charge is 0.344 e. The van der Waals surface area contributed by atoms with E-state index in [2.05, 4.69) is 21.2 Å². The minimum Gasteiger partial charge on any atom is -0.344 e. The molecule has 0 heterocycles. The summed E-state index contributed by atoms with van der Waals surface area (Å²) in [4.78, 5) is 25.5. The van der Waals surface area contributed by atoms with Crippen LogP contribution in [0.2, 0.25) is 0 Å². The molecule has 0 unspecified atom stereocenters. The van der Waals surface area contributed by atoms with Gasteiger partial charge in [-0.15, -0.1) is 12.4 Å². The van der Waals surface area contributed by atoms with Crippen molar-refractivity contribution in [2.24, 2.45) is 11.1 Å². The molecule has 1 aromatic rings. The predicted octanol–water partition coefficient (Wildman–Crippen LogP) is 2.04. The highest BCUT2D eigenvalue weighted by atomic mass is 79.9. The maximum atomic E-state index is 12.0. The minimum atomic E-state index is -0.267. The summed E-state index contributed by atoms with van der Waals surface area (Å²) < 4.78 is 0.822. The Balaban J connectivity index is 0.00000441. The van der Waals surface area contributed by atoms with Gasteiger partial charge in [0, 0.05) is 23.6 Å². The van der Waals surface area contributed by atoms with Crippen LogP contribution in [0, 0.1) is 5.41 Å². The fourth-order valence-corrected chi connectivity index (χ4v) is 2.22. The van der Waals surface area contributed by atoms with Gasteiger partial charge in [0.15, 0.2) is 0 Å². The Hall–Kier alpha value is -1.11. The molecule has 124 valence electrons. The van der Waals surface area contributed by atoms with E-state index in [4.69, 9.17) is 5.73 Å². The lowest BCUT2D eigenvalue weighted by molar-refractivity contribution is -0.130. The van der Waals surface area contributed by atoms with Crippen LogP contribution in [0.3, 0.4) is 0 Å². The summed E-state index contributed by atoms with van der Waals surface area (Å²) in [7, 11) is 1.71. The van der Waals surface area contributed by atoms with Gasteiger partial charge in [-0.25, -0.2) is 0 Å². The third kappa shape index (κ3) is 6.77. The lowest BCUT2D eigenvalue weighted by atomic mass is 9.93. The summed E-state index contributed by atoms with van der Waals surface area (Å²) in [6.45, 7) is 5.01. The molecule has 0 aliphatic carbocycles. The molecular weight excluding hydrogens is 370 g/mol. The predicted molar refractivity (Wildman–Crippen MR) is 94.2 cm³/mol. The maximum absolute atomic E-state index is 12.0. The van der Waals surface area contributed by atoms with Crippen molar-refractivity contribution in [2.75, 3.05) is 26.7 Å².